The highest BCUT2D eigenvalue weighted by Crippen LogP contribution is 2.15. The number of hydrogen-bond donors (Lipinski definition) is 3. The van der Waals surface area contributed by atoms with Gasteiger partial charge in [-0.1, -0.05) is 29.8 Å². The third kappa shape index (κ3) is 6.59. The lowest BCUT2D eigenvalue weighted by Crippen LogP contribution is -2.38. The molecule has 0 saturated heterocycles. The maximum atomic E-state index is 12.6. The number of hydrogen-bond acceptors (Lipinski definition) is 6. The summed E-state index contributed by atoms with van der Waals surface area (Å²) in [4.78, 5) is 29.7. The topological polar surface area (TPSA) is 122 Å². The molecule has 2 amide bonds. The summed E-state index contributed by atoms with van der Waals surface area (Å²) in [6.07, 6.45) is 3.15. The van der Waals surface area contributed by atoms with E-state index in [-0.39, 0.29) is 11.9 Å². The van der Waals surface area contributed by atoms with Crippen molar-refractivity contribution in [1.29, 1.82) is 0 Å². The van der Waals surface area contributed by atoms with Crippen LogP contribution in [0.15, 0.2) is 72.2 Å². The number of amides is 2. The van der Waals surface area contributed by atoms with E-state index in [1.807, 2.05) is 44.2 Å². The quantitative estimate of drug-likeness (QED) is 0.292. The number of anilines is 2. The Kier molecular flexibility index (Phi) is 7.09. The Morgan fingerprint density at radius 3 is 2.44 bits per heavy atom. The molecule has 2 aromatic heterocycles. The number of nitrogens with zero attached hydrogens (tertiary/aromatic N) is 6. The Morgan fingerprint density at radius 2 is 1.76 bits per heavy atom. The molecule has 11 heteroatoms. The number of rotatable bonds is 5. The van der Waals surface area contributed by atoms with Crippen LogP contribution in [0.3, 0.4) is 0 Å². The number of nitrogens with one attached hydrogen (secondary N) is 3. The van der Waals surface area contributed by atoms with Crippen LogP contribution < -0.4 is 16.0 Å². The smallest absolute Gasteiger partial charge is 0.326 e. The molecule has 34 heavy (non-hydrogen) atoms. The highest BCUT2D eigenvalue weighted by atomic mass is 35.5. The first kappa shape index (κ1) is 22.9. The average Bonchev–Trinajstić information content (AvgIpc) is 3.27. The van der Waals surface area contributed by atoms with Crippen molar-refractivity contribution in [2.45, 2.75) is 20.4 Å². The number of aromatic nitrogens is 5. The van der Waals surface area contributed by atoms with E-state index in [9.17, 15) is 4.79 Å². The monoisotopic (exact) mass is 475 g/mol. The second-order valence-corrected chi connectivity index (χ2v) is 7.85. The van der Waals surface area contributed by atoms with Crippen molar-refractivity contribution in [3.8, 4) is 0 Å². The van der Waals surface area contributed by atoms with E-state index >= 15 is 0 Å². The van der Waals surface area contributed by atoms with E-state index in [1.165, 1.54) is 6.33 Å². The van der Waals surface area contributed by atoms with Crippen LogP contribution in [0.5, 0.6) is 0 Å². The van der Waals surface area contributed by atoms with Crippen molar-refractivity contribution in [2.75, 3.05) is 10.6 Å². The van der Waals surface area contributed by atoms with Crippen LogP contribution in [0.25, 0.3) is 0 Å². The molecule has 2 heterocycles. The van der Waals surface area contributed by atoms with Crippen LogP contribution in [-0.2, 0) is 6.54 Å². The lowest BCUT2D eigenvalue weighted by molar-refractivity contribution is 0.256. The summed E-state index contributed by atoms with van der Waals surface area (Å²) in [5.74, 6) is 0.388. The Bertz CT molecular complexity index is 1280. The summed E-state index contributed by atoms with van der Waals surface area (Å²) in [6.45, 7) is 4.31. The highest BCUT2D eigenvalue weighted by molar-refractivity contribution is 6.30. The summed E-state index contributed by atoms with van der Waals surface area (Å²) in [7, 11) is 0. The minimum atomic E-state index is -0.499. The van der Waals surface area contributed by atoms with Crippen molar-refractivity contribution in [3.05, 3.63) is 89.2 Å². The van der Waals surface area contributed by atoms with E-state index < -0.39 is 6.03 Å². The molecule has 0 radical (unpaired) electrons. The van der Waals surface area contributed by atoms with Gasteiger partial charge in [-0.05, 0) is 55.8 Å². The lowest BCUT2D eigenvalue weighted by atomic mass is 10.2. The van der Waals surface area contributed by atoms with Crippen LogP contribution in [0.4, 0.5) is 22.1 Å². The molecule has 0 bridgehead atoms. The van der Waals surface area contributed by atoms with Crippen molar-refractivity contribution in [2.24, 2.45) is 4.99 Å². The van der Waals surface area contributed by atoms with Crippen molar-refractivity contribution in [1.82, 2.24) is 30.0 Å². The molecule has 0 unspecified atom stereocenters. The fraction of sp³-hybridized carbons (Fsp3) is 0.130. The van der Waals surface area contributed by atoms with Gasteiger partial charge in [-0.3, -0.25) is 5.32 Å². The van der Waals surface area contributed by atoms with Gasteiger partial charge in [-0.2, -0.15) is 10.1 Å². The minimum Gasteiger partial charge on any atom is -0.326 e. The zero-order valence-corrected chi connectivity index (χ0v) is 19.3. The number of guanidine groups is 1. The number of aliphatic imine (C=N–C) groups is 1. The Balaban J connectivity index is 1.53. The first-order chi connectivity index (χ1) is 16.4. The SMILES string of the molecule is Cc1cc(C)nc(/N=C(\NC(=O)Nc2cccc(Cl)c2)Nc2ccc(Cn3cncn3)cc2)n1. The van der Waals surface area contributed by atoms with E-state index in [2.05, 4.69) is 41.0 Å². The summed E-state index contributed by atoms with van der Waals surface area (Å²) >= 11 is 6.00. The van der Waals surface area contributed by atoms with E-state index in [4.69, 9.17) is 11.6 Å². The maximum Gasteiger partial charge on any atom is 0.326 e. The molecule has 0 spiro atoms. The Morgan fingerprint density at radius 1 is 1.00 bits per heavy atom. The van der Waals surface area contributed by atoms with Gasteiger partial charge in [-0.25, -0.2) is 24.4 Å². The molecule has 0 aliphatic carbocycles. The van der Waals surface area contributed by atoms with Gasteiger partial charge in [0.1, 0.15) is 12.7 Å². The number of carbonyl (C=O) groups is 1. The van der Waals surface area contributed by atoms with Crippen LogP contribution in [0.1, 0.15) is 17.0 Å². The molecule has 0 atom stereocenters. The number of benzene rings is 2. The van der Waals surface area contributed by atoms with Gasteiger partial charge in [0.2, 0.25) is 5.96 Å². The fourth-order valence-electron chi connectivity index (χ4n) is 3.11. The predicted octanol–water partition coefficient (Wildman–Crippen LogP) is 4.31. The minimum absolute atomic E-state index is 0.161. The number of carbonyl (C=O) groups excluding carboxylic acids is 1. The lowest BCUT2D eigenvalue weighted by Gasteiger charge is -2.13. The van der Waals surface area contributed by atoms with Crippen molar-refractivity contribution >= 4 is 40.9 Å². The summed E-state index contributed by atoms with van der Waals surface area (Å²) in [6, 6.07) is 15.8. The van der Waals surface area contributed by atoms with E-state index in [1.54, 1.807) is 35.3 Å². The van der Waals surface area contributed by atoms with Crippen molar-refractivity contribution < 1.29 is 4.79 Å². The molecule has 10 nitrogen and oxygen atoms in total. The zero-order valence-electron chi connectivity index (χ0n) is 18.5. The number of halogens is 1. The third-order valence-electron chi connectivity index (χ3n) is 4.52. The van der Waals surface area contributed by atoms with Crippen LogP contribution in [0.2, 0.25) is 5.02 Å². The molecule has 172 valence electrons. The molecule has 2 aromatic carbocycles. The molecule has 3 N–H and O–H groups in total. The molecule has 4 rings (SSSR count). The second kappa shape index (κ2) is 10.5. The van der Waals surface area contributed by atoms with E-state index in [0.717, 1.165) is 17.0 Å². The predicted molar refractivity (Wildman–Crippen MR) is 131 cm³/mol. The Hall–Kier alpha value is -4.31. The zero-order chi connectivity index (χ0) is 23.9. The standard InChI is InChI=1S/C23H22ClN9O/c1-15-10-16(2)28-21(27-15)31-22(32-23(34)30-20-5-3-4-18(24)11-20)29-19-8-6-17(7-9-19)12-33-14-25-13-26-33/h3-11,13-14H,12H2,1-2H3,(H3,27,28,29,30,31,32,34). The summed E-state index contributed by atoms with van der Waals surface area (Å²) in [5.41, 5.74) is 3.84. The molecule has 4 aromatic rings. The van der Waals surface area contributed by atoms with Gasteiger partial charge in [0.15, 0.2) is 0 Å². The van der Waals surface area contributed by atoms with Crippen LogP contribution >= 0.6 is 11.6 Å². The average molecular weight is 476 g/mol. The molecular weight excluding hydrogens is 454 g/mol. The largest absolute Gasteiger partial charge is 0.326 e. The second-order valence-electron chi connectivity index (χ2n) is 7.42. The maximum absolute atomic E-state index is 12.6. The van der Waals surface area contributed by atoms with E-state index in [0.29, 0.717) is 22.9 Å². The summed E-state index contributed by atoms with van der Waals surface area (Å²) < 4.78 is 1.73. The molecule has 0 aliphatic rings. The fourth-order valence-corrected chi connectivity index (χ4v) is 3.30. The molecule has 0 fully saturated rings. The Labute approximate surface area is 201 Å². The number of aryl methyl sites for hydroxylation is 2. The highest BCUT2D eigenvalue weighted by Gasteiger charge is 2.10. The van der Waals surface area contributed by atoms with Crippen LogP contribution in [-0.4, -0.2) is 36.7 Å². The van der Waals surface area contributed by atoms with Crippen LogP contribution in [0, 0.1) is 13.8 Å². The third-order valence-corrected chi connectivity index (χ3v) is 4.76. The normalized spacial score (nSPS) is 11.2. The molecule has 0 aliphatic heterocycles. The summed E-state index contributed by atoms with van der Waals surface area (Å²) in [5, 5.41) is 13.2. The van der Waals surface area contributed by atoms with Gasteiger partial charge in [-0.15, -0.1) is 0 Å². The van der Waals surface area contributed by atoms with Gasteiger partial charge < -0.3 is 10.6 Å². The first-order valence-electron chi connectivity index (χ1n) is 10.4. The van der Waals surface area contributed by atoms with Crippen molar-refractivity contribution in [3.63, 3.8) is 0 Å². The van der Waals surface area contributed by atoms with Gasteiger partial charge in [0.05, 0.1) is 6.54 Å². The van der Waals surface area contributed by atoms with Gasteiger partial charge >= 0.3 is 6.03 Å². The molecular formula is C23H22ClN9O. The number of urea groups is 1. The van der Waals surface area contributed by atoms with Gasteiger partial charge in [0.25, 0.3) is 5.95 Å². The first-order valence-corrected chi connectivity index (χ1v) is 10.7. The van der Waals surface area contributed by atoms with Gasteiger partial charge in [0, 0.05) is 27.8 Å². The molecule has 0 saturated carbocycles.